The predicted octanol–water partition coefficient (Wildman–Crippen LogP) is 3.06. The van der Waals surface area contributed by atoms with Gasteiger partial charge < -0.3 is 20.7 Å². The minimum Gasteiger partial charge on any atom is -0.457 e. The lowest BCUT2D eigenvalue weighted by atomic mass is 10.0. The van der Waals surface area contributed by atoms with Gasteiger partial charge in [0.25, 0.3) is 5.91 Å². The maximum Gasteiger partial charge on any atom is 0.345 e. The van der Waals surface area contributed by atoms with Crippen molar-refractivity contribution in [2.24, 2.45) is 11.7 Å². The molecule has 3 heterocycles. The third kappa shape index (κ3) is 4.76. The van der Waals surface area contributed by atoms with Crippen LogP contribution in [0.5, 0.6) is 11.5 Å². The van der Waals surface area contributed by atoms with Crippen LogP contribution >= 0.6 is 0 Å². The summed E-state index contributed by atoms with van der Waals surface area (Å²) in [5, 5.41) is 11.9. The summed E-state index contributed by atoms with van der Waals surface area (Å²) in [5.74, 6) is 1.70. The van der Waals surface area contributed by atoms with Gasteiger partial charge in [0.05, 0.1) is 0 Å². The van der Waals surface area contributed by atoms with Crippen LogP contribution < -0.4 is 15.8 Å². The smallest absolute Gasteiger partial charge is 0.345 e. The van der Waals surface area contributed by atoms with Crippen LogP contribution in [0.25, 0.3) is 11.3 Å². The van der Waals surface area contributed by atoms with Crippen molar-refractivity contribution in [3.8, 4) is 22.8 Å². The summed E-state index contributed by atoms with van der Waals surface area (Å²) in [6.45, 7) is 1.78. The zero-order chi connectivity index (χ0) is 25.1. The molecule has 1 aliphatic rings. The van der Waals surface area contributed by atoms with Gasteiger partial charge in [-0.2, -0.15) is 14.9 Å². The number of para-hydroxylation sites is 1. The van der Waals surface area contributed by atoms with Crippen LogP contribution in [-0.2, 0) is 6.54 Å². The van der Waals surface area contributed by atoms with Crippen LogP contribution in [0.2, 0.25) is 0 Å². The number of amides is 2. The van der Waals surface area contributed by atoms with E-state index >= 15 is 0 Å². The molecule has 0 fully saturated rings. The fourth-order valence-corrected chi connectivity index (χ4v) is 4.21. The molecule has 5 rings (SSSR count). The Bertz CT molecular complexity index is 1350. The fraction of sp³-hybridized carbons (Fsp3) is 0.240. The van der Waals surface area contributed by atoms with E-state index in [4.69, 9.17) is 15.6 Å². The molecule has 1 unspecified atom stereocenters. The highest BCUT2D eigenvalue weighted by atomic mass is 16.5. The summed E-state index contributed by atoms with van der Waals surface area (Å²) in [6, 6.07) is 16.7. The van der Waals surface area contributed by atoms with Crippen molar-refractivity contribution in [3.05, 3.63) is 72.8 Å². The Morgan fingerprint density at radius 3 is 2.58 bits per heavy atom. The molecule has 1 atom stereocenters. The molecule has 0 saturated carbocycles. The standard InChI is InChI=1S/C25H26N8O3/c1-31(25(35)33-16-27-15-29-33)12-11-17-13-28-24-21(23(26)34)22(30-32(24)14-17)18-7-9-20(10-8-18)36-19-5-3-2-4-6-19/h2-10,15-17,28H,11-14H2,1H3,(H2,26,34). The maximum atomic E-state index is 12.4. The second-order valence-corrected chi connectivity index (χ2v) is 8.64. The van der Waals surface area contributed by atoms with Crippen molar-refractivity contribution in [1.29, 1.82) is 0 Å². The van der Waals surface area contributed by atoms with Gasteiger partial charge in [-0.25, -0.2) is 14.5 Å². The molecule has 4 aromatic rings. The minimum atomic E-state index is -0.542. The van der Waals surface area contributed by atoms with E-state index in [1.54, 1.807) is 16.6 Å². The average molecular weight is 487 g/mol. The van der Waals surface area contributed by atoms with E-state index in [1.165, 1.54) is 17.3 Å². The number of hydrogen-bond acceptors (Lipinski definition) is 7. The van der Waals surface area contributed by atoms with Crippen LogP contribution in [0.15, 0.2) is 67.3 Å². The number of benzene rings is 2. The Morgan fingerprint density at radius 2 is 1.89 bits per heavy atom. The topological polar surface area (TPSA) is 133 Å². The molecule has 0 bridgehead atoms. The third-order valence-corrected chi connectivity index (χ3v) is 6.11. The molecule has 184 valence electrons. The first-order valence-electron chi connectivity index (χ1n) is 11.6. The molecule has 0 saturated heterocycles. The summed E-state index contributed by atoms with van der Waals surface area (Å²) in [5.41, 5.74) is 7.41. The molecule has 36 heavy (non-hydrogen) atoms. The molecule has 0 radical (unpaired) electrons. The quantitative estimate of drug-likeness (QED) is 0.410. The first kappa shape index (κ1) is 23.1. The number of fused-ring (bicyclic) bond motifs is 1. The van der Waals surface area contributed by atoms with Crippen molar-refractivity contribution in [3.63, 3.8) is 0 Å². The maximum absolute atomic E-state index is 12.4. The lowest BCUT2D eigenvalue weighted by Gasteiger charge is -2.27. The van der Waals surface area contributed by atoms with E-state index in [2.05, 4.69) is 15.4 Å². The second-order valence-electron chi connectivity index (χ2n) is 8.64. The van der Waals surface area contributed by atoms with Gasteiger partial charge in [0.2, 0.25) is 0 Å². The van der Waals surface area contributed by atoms with Gasteiger partial charge in [-0.3, -0.25) is 4.79 Å². The van der Waals surface area contributed by atoms with Gasteiger partial charge in [-0.1, -0.05) is 18.2 Å². The molecule has 11 heteroatoms. The highest BCUT2D eigenvalue weighted by Crippen LogP contribution is 2.33. The van der Waals surface area contributed by atoms with E-state index in [9.17, 15) is 9.59 Å². The number of nitrogens with zero attached hydrogens (tertiary/aromatic N) is 6. The van der Waals surface area contributed by atoms with Gasteiger partial charge in [-0.15, -0.1) is 0 Å². The molecule has 0 spiro atoms. The largest absolute Gasteiger partial charge is 0.457 e. The lowest BCUT2D eigenvalue weighted by Crippen LogP contribution is -2.36. The van der Waals surface area contributed by atoms with E-state index in [0.29, 0.717) is 42.5 Å². The SMILES string of the molecule is CN(CCC1CNc2c(C(N)=O)c(-c3ccc(Oc4ccccc4)cc3)nn2C1)C(=O)n1cncn1. The molecule has 2 aromatic carbocycles. The number of anilines is 1. The molecule has 0 aliphatic carbocycles. The fourth-order valence-electron chi connectivity index (χ4n) is 4.21. The number of nitrogens with one attached hydrogen (secondary N) is 1. The summed E-state index contributed by atoms with van der Waals surface area (Å²) in [6.07, 6.45) is 3.45. The number of primary amides is 1. The molecular formula is C25H26N8O3. The van der Waals surface area contributed by atoms with E-state index in [1.807, 2.05) is 54.6 Å². The number of carbonyl (C=O) groups excluding carboxylic acids is 2. The number of aromatic nitrogens is 5. The predicted molar refractivity (Wildman–Crippen MR) is 133 cm³/mol. The van der Waals surface area contributed by atoms with Crippen LogP contribution in [0.3, 0.4) is 0 Å². The van der Waals surface area contributed by atoms with Gasteiger partial charge >= 0.3 is 6.03 Å². The molecule has 3 N–H and O–H groups in total. The molecule has 1 aliphatic heterocycles. The summed E-state index contributed by atoms with van der Waals surface area (Å²) in [4.78, 5) is 30.2. The van der Waals surface area contributed by atoms with Gasteiger partial charge in [-0.05, 0) is 48.7 Å². The van der Waals surface area contributed by atoms with Crippen molar-refractivity contribution >= 4 is 17.8 Å². The summed E-state index contributed by atoms with van der Waals surface area (Å²) in [7, 11) is 1.73. The first-order chi connectivity index (χ1) is 17.5. The zero-order valence-corrected chi connectivity index (χ0v) is 19.7. The molecule has 2 aromatic heterocycles. The van der Waals surface area contributed by atoms with Crippen LogP contribution in [0.1, 0.15) is 16.8 Å². The summed E-state index contributed by atoms with van der Waals surface area (Å²) >= 11 is 0. The monoisotopic (exact) mass is 486 g/mol. The van der Waals surface area contributed by atoms with Crippen molar-refractivity contribution in [1.82, 2.24) is 29.4 Å². The van der Waals surface area contributed by atoms with E-state index in [0.717, 1.165) is 17.7 Å². The third-order valence-electron chi connectivity index (χ3n) is 6.11. The van der Waals surface area contributed by atoms with Crippen LogP contribution in [-0.4, -0.2) is 61.5 Å². The Balaban J connectivity index is 1.29. The summed E-state index contributed by atoms with van der Waals surface area (Å²) < 4.78 is 8.85. The molecule has 2 amide bonds. The number of rotatable bonds is 7. The number of ether oxygens (including phenoxy) is 1. The Hall–Kier alpha value is -4.67. The molecule has 11 nitrogen and oxygen atoms in total. The number of hydrogen-bond donors (Lipinski definition) is 2. The zero-order valence-electron chi connectivity index (χ0n) is 19.7. The Labute approximate surface area is 207 Å². The van der Waals surface area contributed by atoms with E-state index < -0.39 is 5.91 Å². The normalized spacial score (nSPS) is 14.5. The van der Waals surface area contributed by atoms with Crippen LogP contribution in [0, 0.1) is 5.92 Å². The number of nitrogens with two attached hydrogens (primary N) is 1. The lowest BCUT2D eigenvalue weighted by molar-refractivity contribution is 0.100. The molecular weight excluding hydrogens is 460 g/mol. The highest BCUT2D eigenvalue weighted by Gasteiger charge is 2.28. The highest BCUT2D eigenvalue weighted by molar-refractivity contribution is 6.03. The Kier molecular flexibility index (Phi) is 6.35. The van der Waals surface area contributed by atoms with E-state index in [-0.39, 0.29) is 11.9 Å². The first-order valence-corrected chi connectivity index (χ1v) is 11.6. The minimum absolute atomic E-state index is 0.207. The van der Waals surface area contributed by atoms with Gasteiger partial charge in [0.1, 0.15) is 41.2 Å². The number of carbonyl (C=O) groups is 2. The van der Waals surface area contributed by atoms with Gasteiger partial charge in [0.15, 0.2) is 0 Å². The van der Waals surface area contributed by atoms with Crippen LogP contribution in [0.4, 0.5) is 10.6 Å². The van der Waals surface area contributed by atoms with Crippen molar-refractivity contribution in [2.75, 3.05) is 25.5 Å². The second kappa shape index (κ2) is 9.90. The van der Waals surface area contributed by atoms with Crippen molar-refractivity contribution in [2.45, 2.75) is 13.0 Å². The van der Waals surface area contributed by atoms with Gasteiger partial charge in [0, 0.05) is 32.2 Å². The Morgan fingerprint density at radius 1 is 1.14 bits per heavy atom. The van der Waals surface area contributed by atoms with Crippen molar-refractivity contribution < 1.29 is 14.3 Å². The average Bonchev–Trinajstić information content (AvgIpc) is 3.56.